The molecule has 0 radical (unpaired) electrons. The molecule has 0 spiro atoms. The highest BCUT2D eigenvalue weighted by atomic mass is 32.2. The Labute approximate surface area is 220 Å². The van der Waals surface area contributed by atoms with Gasteiger partial charge in [0.2, 0.25) is 0 Å². The lowest BCUT2D eigenvalue weighted by molar-refractivity contribution is -0.137. The Balaban J connectivity index is 2.14. The van der Waals surface area contributed by atoms with E-state index in [1.807, 2.05) is 19.1 Å². The van der Waals surface area contributed by atoms with Gasteiger partial charge < -0.3 is 10.4 Å². The number of pyridine rings is 1. The number of carboxylic acid groups (broad SMARTS) is 1. The van der Waals surface area contributed by atoms with Crippen LogP contribution < -0.4 is 5.32 Å². The Morgan fingerprint density at radius 3 is 2.29 bits per heavy atom. The van der Waals surface area contributed by atoms with Crippen LogP contribution in [0.5, 0.6) is 0 Å². The zero-order valence-electron chi connectivity index (χ0n) is 23.3. The van der Waals surface area contributed by atoms with Gasteiger partial charge in [0.1, 0.15) is 11.9 Å². The summed E-state index contributed by atoms with van der Waals surface area (Å²) in [4.78, 5) is 15.9. The fourth-order valence-electron chi connectivity index (χ4n) is 4.38. The third kappa shape index (κ3) is 16.0. The van der Waals surface area contributed by atoms with E-state index in [1.54, 1.807) is 18.0 Å². The van der Waals surface area contributed by atoms with Gasteiger partial charge in [0.15, 0.2) is 0 Å². The molecule has 2 N–H and O–H groups in total. The van der Waals surface area contributed by atoms with E-state index in [4.69, 9.17) is 0 Å². The quantitative estimate of drug-likeness (QED) is 0.137. The molecular weight excluding hydrogens is 452 g/mol. The van der Waals surface area contributed by atoms with Gasteiger partial charge >= 0.3 is 5.97 Å². The highest BCUT2D eigenvalue weighted by Crippen LogP contribution is 2.22. The molecule has 35 heavy (non-hydrogen) atoms. The Bertz CT molecular complexity index is 735. The predicted molar refractivity (Wildman–Crippen MR) is 154 cm³/mol. The molecule has 0 fully saturated rings. The lowest BCUT2D eigenvalue weighted by Gasteiger charge is -2.16. The molecule has 1 heterocycles. The van der Waals surface area contributed by atoms with Crippen molar-refractivity contribution in [2.24, 2.45) is 17.8 Å². The summed E-state index contributed by atoms with van der Waals surface area (Å²) in [5, 5.41) is 12.6. The van der Waals surface area contributed by atoms with Gasteiger partial charge in [-0.25, -0.2) is 9.78 Å². The standard InChI is InChI=1S/C30H52N2O2S/c1-23(2)12-7-13-24(3)14-8-15-25(4)16-9-17-26(5)18-11-21-35-22-28(30(33)34)32-29-27(6)19-10-20-31-29/h10,18-20,23-25,28H,7-9,11-17,21-22H2,1-6H3,(H,31,32)(H,33,34)/b26-18+. The van der Waals surface area contributed by atoms with E-state index < -0.39 is 12.0 Å². The number of nitrogens with zero attached hydrogens (tertiary/aromatic N) is 1. The van der Waals surface area contributed by atoms with E-state index in [1.165, 1.54) is 63.4 Å². The second-order valence-electron chi connectivity index (χ2n) is 11.0. The first-order valence-corrected chi connectivity index (χ1v) is 15.0. The average Bonchev–Trinajstić information content (AvgIpc) is 2.79. The molecule has 200 valence electrons. The third-order valence-corrected chi connectivity index (χ3v) is 7.89. The highest BCUT2D eigenvalue weighted by molar-refractivity contribution is 7.99. The summed E-state index contributed by atoms with van der Waals surface area (Å²) in [6.45, 7) is 13.7. The normalized spacial score (nSPS) is 14.7. The summed E-state index contributed by atoms with van der Waals surface area (Å²) < 4.78 is 0. The number of aromatic nitrogens is 1. The number of hydrogen-bond acceptors (Lipinski definition) is 4. The molecular formula is C30H52N2O2S. The molecule has 0 aliphatic heterocycles. The maximum atomic E-state index is 11.6. The Morgan fingerprint density at radius 1 is 1.06 bits per heavy atom. The number of hydrogen-bond donors (Lipinski definition) is 2. The van der Waals surface area contributed by atoms with E-state index in [-0.39, 0.29) is 0 Å². The third-order valence-electron chi connectivity index (χ3n) is 6.80. The first-order valence-electron chi connectivity index (χ1n) is 13.8. The van der Waals surface area contributed by atoms with Gasteiger partial charge in [0.05, 0.1) is 0 Å². The smallest absolute Gasteiger partial charge is 0.327 e. The molecule has 3 atom stereocenters. The van der Waals surface area contributed by atoms with Crippen LogP contribution in [-0.4, -0.2) is 33.6 Å². The minimum atomic E-state index is -0.830. The van der Waals surface area contributed by atoms with Crippen molar-refractivity contribution in [2.45, 2.75) is 112 Å². The van der Waals surface area contributed by atoms with E-state index >= 15 is 0 Å². The number of carbonyl (C=O) groups is 1. The molecule has 3 unspecified atom stereocenters. The fourth-order valence-corrected chi connectivity index (χ4v) is 5.29. The van der Waals surface area contributed by atoms with Crippen LogP contribution in [0, 0.1) is 24.7 Å². The van der Waals surface area contributed by atoms with Crippen molar-refractivity contribution in [1.82, 2.24) is 4.98 Å². The van der Waals surface area contributed by atoms with Gasteiger partial charge in [-0.2, -0.15) is 11.8 Å². The van der Waals surface area contributed by atoms with Crippen LogP contribution in [0.3, 0.4) is 0 Å². The van der Waals surface area contributed by atoms with Crippen LogP contribution in [0.2, 0.25) is 0 Å². The van der Waals surface area contributed by atoms with Crippen molar-refractivity contribution >= 4 is 23.5 Å². The van der Waals surface area contributed by atoms with Crippen molar-refractivity contribution in [3.63, 3.8) is 0 Å². The van der Waals surface area contributed by atoms with Crippen LogP contribution in [0.1, 0.15) is 104 Å². The molecule has 0 bridgehead atoms. The van der Waals surface area contributed by atoms with E-state index in [0.29, 0.717) is 11.6 Å². The maximum absolute atomic E-state index is 11.6. The minimum absolute atomic E-state index is 0.534. The van der Waals surface area contributed by atoms with Crippen LogP contribution in [0.15, 0.2) is 30.0 Å². The topological polar surface area (TPSA) is 62.2 Å². The Morgan fingerprint density at radius 2 is 1.69 bits per heavy atom. The molecule has 0 amide bonds. The van der Waals surface area contributed by atoms with Crippen molar-refractivity contribution < 1.29 is 9.90 Å². The molecule has 1 aromatic heterocycles. The van der Waals surface area contributed by atoms with E-state index in [9.17, 15) is 9.90 Å². The van der Waals surface area contributed by atoms with Gasteiger partial charge in [-0.15, -0.1) is 0 Å². The molecule has 0 aromatic carbocycles. The molecule has 0 aliphatic carbocycles. The van der Waals surface area contributed by atoms with Gasteiger partial charge in [0.25, 0.3) is 0 Å². The highest BCUT2D eigenvalue weighted by Gasteiger charge is 2.18. The number of allylic oxidation sites excluding steroid dienone is 2. The van der Waals surface area contributed by atoms with Crippen LogP contribution >= 0.6 is 11.8 Å². The maximum Gasteiger partial charge on any atom is 0.327 e. The molecule has 0 saturated carbocycles. The first kappa shape index (κ1) is 31.5. The number of thioether (sulfide) groups is 1. The fraction of sp³-hybridized carbons (Fsp3) is 0.733. The summed E-state index contributed by atoms with van der Waals surface area (Å²) in [5.74, 6) is 3.84. The lowest BCUT2D eigenvalue weighted by atomic mass is 9.91. The molecule has 1 rings (SSSR count). The second kappa shape index (κ2) is 18.7. The van der Waals surface area contributed by atoms with Crippen molar-refractivity contribution in [1.29, 1.82) is 0 Å². The van der Waals surface area contributed by atoms with Crippen molar-refractivity contribution in [3.8, 4) is 0 Å². The van der Waals surface area contributed by atoms with E-state index in [0.717, 1.165) is 35.5 Å². The monoisotopic (exact) mass is 504 g/mol. The van der Waals surface area contributed by atoms with Gasteiger partial charge in [0, 0.05) is 11.9 Å². The largest absolute Gasteiger partial charge is 0.480 e. The van der Waals surface area contributed by atoms with Gasteiger partial charge in [-0.1, -0.05) is 90.4 Å². The van der Waals surface area contributed by atoms with Crippen molar-refractivity contribution in [2.75, 3.05) is 16.8 Å². The van der Waals surface area contributed by atoms with Gasteiger partial charge in [-0.3, -0.25) is 0 Å². The summed E-state index contributed by atoms with van der Waals surface area (Å²) in [6.07, 6.45) is 17.1. The summed E-state index contributed by atoms with van der Waals surface area (Å²) in [7, 11) is 0. The Kier molecular flexibility index (Phi) is 16.9. The Hall–Kier alpha value is -1.49. The number of carboxylic acids is 1. The molecule has 0 aliphatic rings. The summed E-state index contributed by atoms with van der Waals surface area (Å²) in [6, 6.07) is 3.17. The first-order chi connectivity index (χ1) is 16.7. The SMILES string of the molecule is C/C(=C\CCSCC(Nc1ncccc1C)C(=O)O)CCCC(C)CCCC(C)CCCC(C)C. The number of aryl methyl sites for hydroxylation is 1. The number of aliphatic carboxylic acids is 1. The second-order valence-corrected chi connectivity index (χ2v) is 12.1. The van der Waals surface area contributed by atoms with Crippen LogP contribution in [0.4, 0.5) is 5.82 Å². The summed E-state index contributed by atoms with van der Waals surface area (Å²) in [5.41, 5.74) is 2.43. The van der Waals surface area contributed by atoms with E-state index in [2.05, 4.69) is 51.0 Å². The average molecular weight is 505 g/mol. The number of anilines is 1. The zero-order valence-corrected chi connectivity index (χ0v) is 24.1. The lowest BCUT2D eigenvalue weighted by Crippen LogP contribution is -2.32. The van der Waals surface area contributed by atoms with Crippen LogP contribution in [0.25, 0.3) is 0 Å². The number of nitrogens with one attached hydrogen (secondary N) is 1. The zero-order chi connectivity index (χ0) is 26.1. The van der Waals surface area contributed by atoms with Crippen molar-refractivity contribution in [3.05, 3.63) is 35.5 Å². The molecule has 4 nitrogen and oxygen atoms in total. The van der Waals surface area contributed by atoms with Gasteiger partial charge in [-0.05, 0) is 68.2 Å². The summed E-state index contributed by atoms with van der Waals surface area (Å²) >= 11 is 1.69. The van der Waals surface area contributed by atoms with Crippen LogP contribution in [-0.2, 0) is 4.79 Å². The number of rotatable bonds is 20. The molecule has 0 saturated heterocycles. The minimum Gasteiger partial charge on any atom is -0.480 e. The molecule has 5 heteroatoms. The predicted octanol–water partition coefficient (Wildman–Crippen LogP) is 8.76. The molecule has 1 aromatic rings.